The summed E-state index contributed by atoms with van der Waals surface area (Å²) in [6.45, 7) is -1.79. The average Bonchev–Trinajstić information content (AvgIpc) is 2.30. The molecule has 0 radical (unpaired) electrons. The molecule has 19 heavy (non-hydrogen) atoms. The molecule has 1 rings (SSSR count). The van der Waals surface area contributed by atoms with E-state index in [0.717, 1.165) is 12.1 Å². The third kappa shape index (κ3) is 3.77. The van der Waals surface area contributed by atoms with Crippen molar-refractivity contribution in [2.75, 3.05) is 12.3 Å². The van der Waals surface area contributed by atoms with Crippen molar-refractivity contribution in [2.24, 2.45) is 0 Å². The molecule has 0 aromatic heterocycles. The third-order valence-corrected chi connectivity index (χ3v) is 3.50. The van der Waals surface area contributed by atoms with E-state index in [1.165, 1.54) is 4.72 Å². The number of anilines is 1. The second kappa shape index (κ2) is 5.29. The van der Waals surface area contributed by atoms with Gasteiger partial charge in [0.15, 0.2) is 0 Å². The van der Waals surface area contributed by atoms with Crippen molar-refractivity contribution in [1.29, 1.82) is 0 Å². The molecule has 3 N–H and O–H groups in total. The normalized spacial score (nSPS) is 12.9. The first kappa shape index (κ1) is 15.6. The minimum atomic E-state index is -4.53. The van der Waals surface area contributed by atoms with Crippen molar-refractivity contribution in [2.45, 2.75) is 17.2 Å². The predicted octanol–water partition coefficient (Wildman–Crippen LogP) is 1.59. The molecule has 0 saturated carbocycles. The molecule has 108 valence electrons. The lowest BCUT2D eigenvalue weighted by atomic mass is 10.3. The van der Waals surface area contributed by atoms with Crippen LogP contribution in [-0.2, 0) is 10.0 Å². The van der Waals surface area contributed by atoms with E-state index in [1.54, 1.807) is 0 Å². The number of rotatable bonds is 5. The average molecular weight is 304 g/mol. The zero-order valence-corrected chi connectivity index (χ0v) is 10.0. The van der Waals surface area contributed by atoms with Gasteiger partial charge in [0, 0.05) is 0 Å². The van der Waals surface area contributed by atoms with E-state index < -0.39 is 39.6 Å². The van der Waals surface area contributed by atoms with Crippen molar-refractivity contribution in [3.8, 4) is 0 Å². The molecule has 0 unspecified atom stereocenters. The zero-order valence-electron chi connectivity index (χ0n) is 9.21. The summed E-state index contributed by atoms with van der Waals surface area (Å²) in [5.41, 5.74) is 4.77. The van der Waals surface area contributed by atoms with Crippen molar-refractivity contribution in [1.82, 2.24) is 4.72 Å². The SMILES string of the molecule is Nc1ccc(S(=O)(=O)NCC(F)(F)C(F)F)cc1F. The second-order valence-electron chi connectivity index (χ2n) is 3.57. The molecular formula is C9H9F5N2O2S. The molecule has 0 atom stereocenters. The van der Waals surface area contributed by atoms with Gasteiger partial charge in [-0.1, -0.05) is 0 Å². The molecule has 1 aromatic rings. The number of halogens is 5. The molecule has 0 aliphatic carbocycles. The lowest BCUT2D eigenvalue weighted by molar-refractivity contribution is -0.122. The molecule has 0 fully saturated rings. The maximum atomic E-state index is 13.0. The van der Waals surface area contributed by atoms with E-state index in [2.05, 4.69) is 0 Å². The van der Waals surface area contributed by atoms with E-state index in [0.29, 0.717) is 6.07 Å². The summed E-state index contributed by atoms with van der Waals surface area (Å²) in [6, 6.07) is 2.27. The van der Waals surface area contributed by atoms with Crippen LogP contribution < -0.4 is 10.5 Å². The minimum absolute atomic E-state index is 0.336. The van der Waals surface area contributed by atoms with Gasteiger partial charge in [0.2, 0.25) is 10.0 Å². The van der Waals surface area contributed by atoms with Gasteiger partial charge in [-0.3, -0.25) is 0 Å². The van der Waals surface area contributed by atoms with Gasteiger partial charge < -0.3 is 5.73 Å². The molecule has 0 spiro atoms. The molecule has 1 aromatic carbocycles. The Bertz CT molecular complexity index is 562. The summed E-state index contributed by atoms with van der Waals surface area (Å²) < 4.78 is 86.1. The van der Waals surface area contributed by atoms with Crippen LogP contribution in [0.25, 0.3) is 0 Å². The van der Waals surface area contributed by atoms with Crippen LogP contribution in [0.4, 0.5) is 27.6 Å². The van der Waals surface area contributed by atoms with Crippen LogP contribution in [0.5, 0.6) is 0 Å². The van der Waals surface area contributed by atoms with Crippen LogP contribution in [0, 0.1) is 5.82 Å². The number of benzene rings is 1. The fourth-order valence-electron chi connectivity index (χ4n) is 1.03. The largest absolute Gasteiger partial charge is 0.396 e. The summed E-state index contributed by atoms with van der Waals surface area (Å²) in [5, 5.41) is 0. The highest BCUT2D eigenvalue weighted by atomic mass is 32.2. The van der Waals surface area contributed by atoms with Crippen LogP contribution in [0.1, 0.15) is 0 Å². The van der Waals surface area contributed by atoms with Crippen LogP contribution >= 0.6 is 0 Å². The molecule has 0 aliphatic rings. The number of alkyl halides is 4. The first-order valence-corrected chi connectivity index (χ1v) is 6.25. The van der Waals surface area contributed by atoms with E-state index in [-0.39, 0.29) is 5.69 Å². The number of hydrogen-bond acceptors (Lipinski definition) is 3. The lowest BCUT2D eigenvalue weighted by Crippen LogP contribution is -2.41. The van der Waals surface area contributed by atoms with Gasteiger partial charge in [0.05, 0.1) is 17.1 Å². The van der Waals surface area contributed by atoms with Gasteiger partial charge in [-0.05, 0) is 18.2 Å². The smallest absolute Gasteiger partial charge is 0.320 e. The Morgan fingerprint density at radius 2 is 1.89 bits per heavy atom. The molecule has 0 aliphatic heterocycles. The highest BCUT2D eigenvalue weighted by Gasteiger charge is 2.41. The van der Waals surface area contributed by atoms with Crippen LogP contribution in [0.2, 0.25) is 0 Å². The highest BCUT2D eigenvalue weighted by molar-refractivity contribution is 7.89. The Balaban J connectivity index is 2.90. The Morgan fingerprint density at radius 1 is 1.32 bits per heavy atom. The molecule has 0 saturated heterocycles. The quantitative estimate of drug-likeness (QED) is 0.641. The van der Waals surface area contributed by atoms with Gasteiger partial charge in [-0.2, -0.15) is 8.78 Å². The summed E-state index contributed by atoms with van der Waals surface area (Å²) >= 11 is 0. The fourth-order valence-corrected chi connectivity index (χ4v) is 2.08. The standard InChI is InChI=1S/C9H9F5N2O2S/c10-6-3-5(1-2-7(6)15)19(17,18)16-4-9(13,14)8(11)12/h1-3,8,16H,4,15H2. The lowest BCUT2D eigenvalue weighted by Gasteiger charge is -2.16. The van der Waals surface area contributed by atoms with Gasteiger partial charge >= 0.3 is 12.3 Å². The Kier molecular flexibility index (Phi) is 4.35. The number of hydrogen-bond donors (Lipinski definition) is 2. The van der Waals surface area contributed by atoms with Crippen LogP contribution in [0.3, 0.4) is 0 Å². The molecule has 0 amide bonds. The van der Waals surface area contributed by atoms with E-state index in [4.69, 9.17) is 5.73 Å². The van der Waals surface area contributed by atoms with Crippen molar-refractivity contribution in [3.05, 3.63) is 24.0 Å². The monoisotopic (exact) mass is 304 g/mol. The summed E-state index contributed by atoms with van der Waals surface area (Å²) in [4.78, 5) is -0.690. The van der Waals surface area contributed by atoms with Gasteiger partial charge in [-0.25, -0.2) is 26.3 Å². The summed E-state index contributed by atoms with van der Waals surface area (Å²) in [6.07, 6.45) is -4.02. The predicted molar refractivity (Wildman–Crippen MR) is 57.0 cm³/mol. The van der Waals surface area contributed by atoms with Crippen LogP contribution in [-0.4, -0.2) is 27.3 Å². The zero-order chi connectivity index (χ0) is 14.8. The Labute approximate surface area is 105 Å². The van der Waals surface area contributed by atoms with Gasteiger partial charge in [0.25, 0.3) is 0 Å². The first-order chi connectivity index (χ1) is 8.56. The molecule has 4 nitrogen and oxygen atoms in total. The van der Waals surface area contributed by atoms with Crippen LogP contribution in [0.15, 0.2) is 23.1 Å². The molecule has 10 heteroatoms. The molecular weight excluding hydrogens is 295 g/mol. The van der Waals surface area contributed by atoms with Gasteiger partial charge in [-0.15, -0.1) is 0 Å². The van der Waals surface area contributed by atoms with E-state index in [9.17, 15) is 30.4 Å². The van der Waals surface area contributed by atoms with Crippen molar-refractivity contribution < 1.29 is 30.4 Å². The summed E-state index contributed by atoms with van der Waals surface area (Å²) in [5.74, 6) is -5.58. The minimum Gasteiger partial charge on any atom is -0.396 e. The Morgan fingerprint density at radius 3 is 2.37 bits per heavy atom. The van der Waals surface area contributed by atoms with E-state index in [1.807, 2.05) is 0 Å². The molecule has 0 heterocycles. The topological polar surface area (TPSA) is 72.2 Å². The Hall–Kier alpha value is -1.42. The second-order valence-corrected chi connectivity index (χ2v) is 5.34. The molecule has 0 bridgehead atoms. The fraction of sp³-hybridized carbons (Fsp3) is 0.333. The first-order valence-electron chi connectivity index (χ1n) is 4.77. The third-order valence-electron chi connectivity index (χ3n) is 2.10. The van der Waals surface area contributed by atoms with Crippen molar-refractivity contribution >= 4 is 15.7 Å². The number of nitrogens with one attached hydrogen (secondary N) is 1. The number of nitrogen functional groups attached to an aromatic ring is 1. The van der Waals surface area contributed by atoms with Crippen molar-refractivity contribution in [3.63, 3.8) is 0 Å². The van der Waals surface area contributed by atoms with E-state index >= 15 is 0 Å². The maximum absolute atomic E-state index is 13.0. The summed E-state index contributed by atoms with van der Waals surface area (Å²) in [7, 11) is -4.53. The maximum Gasteiger partial charge on any atom is 0.320 e. The number of nitrogens with two attached hydrogens (primary N) is 1. The number of sulfonamides is 1. The highest BCUT2D eigenvalue weighted by Crippen LogP contribution is 2.23. The van der Waals surface area contributed by atoms with Gasteiger partial charge in [0.1, 0.15) is 5.82 Å².